The van der Waals surface area contributed by atoms with Crippen LogP contribution in [0.5, 0.6) is 0 Å². The molecule has 0 saturated heterocycles. The third kappa shape index (κ3) is 2.51. The fourth-order valence-electron chi connectivity index (χ4n) is 2.43. The number of hydrogen-bond acceptors (Lipinski definition) is 3. The molecule has 0 unspecified atom stereocenters. The highest BCUT2D eigenvalue weighted by molar-refractivity contribution is 6.31. The molecule has 2 heterocycles. The average molecular weight is 316 g/mol. The van der Waals surface area contributed by atoms with Gasteiger partial charge in [-0.1, -0.05) is 23.7 Å². The number of halogens is 1. The Bertz CT molecular complexity index is 837. The number of fused-ring (bicyclic) bond motifs is 1. The van der Waals surface area contributed by atoms with Gasteiger partial charge in [0, 0.05) is 24.0 Å². The van der Waals surface area contributed by atoms with E-state index in [0.717, 1.165) is 11.1 Å². The van der Waals surface area contributed by atoms with Gasteiger partial charge in [0.15, 0.2) is 5.69 Å². The molecule has 112 valence electrons. The number of carboxylic acids is 1. The van der Waals surface area contributed by atoms with Gasteiger partial charge in [0.25, 0.3) is 0 Å². The summed E-state index contributed by atoms with van der Waals surface area (Å²) >= 11 is 6.20. The molecule has 0 aliphatic heterocycles. The summed E-state index contributed by atoms with van der Waals surface area (Å²) in [4.78, 5) is 15.7. The van der Waals surface area contributed by atoms with Crippen molar-refractivity contribution < 1.29 is 9.90 Å². The Labute approximate surface area is 132 Å². The molecular formula is C16H14ClN3O2. The minimum atomic E-state index is -1.01. The first kappa shape index (κ1) is 14.4. The summed E-state index contributed by atoms with van der Waals surface area (Å²) in [5.74, 6) is -1.01. The predicted octanol–water partition coefficient (Wildman–Crippen LogP) is 3.61. The number of aromatic carboxylic acids is 1. The third-order valence-corrected chi connectivity index (χ3v) is 3.93. The van der Waals surface area contributed by atoms with E-state index in [-0.39, 0.29) is 5.69 Å². The molecule has 1 aromatic carbocycles. The number of carbonyl (C=O) groups is 1. The van der Waals surface area contributed by atoms with Crippen molar-refractivity contribution in [1.29, 1.82) is 0 Å². The number of benzene rings is 1. The van der Waals surface area contributed by atoms with Gasteiger partial charge in [0.1, 0.15) is 5.65 Å². The fraction of sp³-hybridized carbons (Fsp3) is 0.125. The van der Waals surface area contributed by atoms with Crippen LogP contribution in [-0.4, -0.2) is 20.5 Å². The van der Waals surface area contributed by atoms with Gasteiger partial charge in [-0.2, -0.15) is 0 Å². The molecule has 0 spiro atoms. The minimum Gasteiger partial charge on any atom is -0.476 e. The van der Waals surface area contributed by atoms with Crippen molar-refractivity contribution in [2.45, 2.75) is 13.5 Å². The van der Waals surface area contributed by atoms with Crippen molar-refractivity contribution in [2.24, 2.45) is 0 Å². The van der Waals surface area contributed by atoms with E-state index >= 15 is 0 Å². The number of aromatic nitrogens is 2. The second kappa shape index (κ2) is 5.69. The molecule has 3 rings (SSSR count). The topological polar surface area (TPSA) is 66.6 Å². The lowest BCUT2D eigenvalue weighted by molar-refractivity contribution is 0.0690. The van der Waals surface area contributed by atoms with E-state index in [0.29, 0.717) is 22.9 Å². The first-order valence-electron chi connectivity index (χ1n) is 6.75. The van der Waals surface area contributed by atoms with Crippen LogP contribution in [0, 0.1) is 6.92 Å². The Morgan fingerprint density at radius 3 is 2.91 bits per heavy atom. The Hall–Kier alpha value is -2.53. The molecule has 6 heteroatoms. The van der Waals surface area contributed by atoms with Crippen LogP contribution in [0.4, 0.5) is 5.69 Å². The molecule has 0 amide bonds. The average Bonchev–Trinajstić information content (AvgIpc) is 2.94. The van der Waals surface area contributed by atoms with E-state index < -0.39 is 5.97 Å². The second-order valence-electron chi connectivity index (χ2n) is 4.95. The molecule has 3 aromatic rings. The number of nitrogens with zero attached hydrogens (tertiary/aromatic N) is 2. The lowest BCUT2D eigenvalue weighted by atomic mass is 10.1. The first-order valence-corrected chi connectivity index (χ1v) is 7.13. The summed E-state index contributed by atoms with van der Waals surface area (Å²) in [6, 6.07) is 9.18. The highest BCUT2D eigenvalue weighted by atomic mass is 35.5. The van der Waals surface area contributed by atoms with E-state index in [4.69, 9.17) is 11.6 Å². The van der Waals surface area contributed by atoms with Crippen LogP contribution in [0.3, 0.4) is 0 Å². The van der Waals surface area contributed by atoms with Crippen molar-refractivity contribution in [1.82, 2.24) is 9.38 Å². The SMILES string of the molecule is Cc1cccc(Cl)c1CNc1ccc2nccn2c1C(=O)O. The molecule has 0 aliphatic rings. The van der Waals surface area contributed by atoms with Crippen LogP contribution in [0.15, 0.2) is 42.7 Å². The minimum absolute atomic E-state index is 0.153. The van der Waals surface area contributed by atoms with Gasteiger partial charge < -0.3 is 10.4 Å². The largest absolute Gasteiger partial charge is 0.476 e. The van der Waals surface area contributed by atoms with Crippen LogP contribution in [0.1, 0.15) is 21.6 Å². The van der Waals surface area contributed by atoms with Crippen molar-refractivity contribution in [3.8, 4) is 0 Å². The molecule has 0 radical (unpaired) electrons. The number of aryl methyl sites for hydroxylation is 1. The van der Waals surface area contributed by atoms with Crippen LogP contribution in [0.2, 0.25) is 5.02 Å². The molecule has 0 bridgehead atoms. The zero-order valence-corrected chi connectivity index (χ0v) is 12.6. The number of carboxylic acid groups (broad SMARTS) is 1. The van der Waals surface area contributed by atoms with Gasteiger partial charge in [-0.3, -0.25) is 4.40 Å². The maximum Gasteiger partial charge on any atom is 0.355 e. The van der Waals surface area contributed by atoms with E-state index in [1.165, 1.54) is 0 Å². The number of nitrogens with one attached hydrogen (secondary N) is 1. The lowest BCUT2D eigenvalue weighted by Crippen LogP contribution is -2.11. The predicted molar refractivity (Wildman–Crippen MR) is 85.7 cm³/mol. The maximum absolute atomic E-state index is 11.6. The third-order valence-electron chi connectivity index (χ3n) is 3.58. The normalized spacial score (nSPS) is 10.8. The number of anilines is 1. The van der Waals surface area contributed by atoms with Gasteiger partial charge in [0.2, 0.25) is 0 Å². The molecule has 22 heavy (non-hydrogen) atoms. The first-order chi connectivity index (χ1) is 10.6. The quantitative estimate of drug-likeness (QED) is 0.772. The molecule has 2 N–H and O–H groups in total. The van der Waals surface area contributed by atoms with Crippen LogP contribution in [-0.2, 0) is 6.54 Å². The molecule has 5 nitrogen and oxygen atoms in total. The summed E-state index contributed by atoms with van der Waals surface area (Å²) < 4.78 is 1.55. The van der Waals surface area contributed by atoms with Crippen molar-refractivity contribution >= 4 is 28.9 Å². The molecule has 0 aliphatic carbocycles. The summed E-state index contributed by atoms with van der Waals surface area (Å²) in [6.07, 6.45) is 3.20. The summed E-state index contributed by atoms with van der Waals surface area (Å²) in [7, 11) is 0. The van der Waals surface area contributed by atoms with E-state index in [9.17, 15) is 9.90 Å². The van der Waals surface area contributed by atoms with Crippen molar-refractivity contribution in [3.63, 3.8) is 0 Å². The zero-order valence-electron chi connectivity index (χ0n) is 11.9. The second-order valence-corrected chi connectivity index (χ2v) is 5.35. The highest BCUT2D eigenvalue weighted by Gasteiger charge is 2.15. The molecule has 0 saturated carbocycles. The smallest absolute Gasteiger partial charge is 0.355 e. The molecule has 0 fully saturated rings. The summed E-state index contributed by atoms with van der Waals surface area (Å²) in [5.41, 5.74) is 3.28. The Balaban J connectivity index is 1.97. The highest BCUT2D eigenvalue weighted by Crippen LogP contribution is 2.23. The summed E-state index contributed by atoms with van der Waals surface area (Å²) in [6.45, 7) is 2.42. The Kier molecular flexibility index (Phi) is 3.73. The number of imidazole rings is 1. The van der Waals surface area contributed by atoms with Crippen molar-refractivity contribution in [3.05, 3.63) is 64.6 Å². The molecular weight excluding hydrogens is 302 g/mol. The Morgan fingerprint density at radius 2 is 2.18 bits per heavy atom. The number of rotatable bonds is 4. The monoisotopic (exact) mass is 315 g/mol. The van der Waals surface area contributed by atoms with Gasteiger partial charge in [-0.05, 0) is 36.2 Å². The van der Waals surface area contributed by atoms with E-state index in [1.807, 2.05) is 25.1 Å². The van der Waals surface area contributed by atoms with E-state index in [1.54, 1.807) is 28.9 Å². The zero-order chi connectivity index (χ0) is 15.7. The Morgan fingerprint density at radius 1 is 1.36 bits per heavy atom. The fourth-order valence-corrected chi connectivity index (χ4v) is 2.72. The van der Waals surface area contributed by atoms with Crippen LogP contribution in [0.25, 0.3) is 5.65 Å². The molecule has 2 aromatic heterocycles. The van der Waals surface area contributed by atoms with Crippen LogP contribution < -0.4 is 5.32 Å². The van der Waals surface area contributed by atoms with Gasteiger partial charge in [-0.25, -0.2) is 9.78 Å². The standard InChI is InChI=1S/C16H14ClN3O2/c1-10-3-2-4-12(17)11(10)9-19-13-5-6-14-18-7-8-20(14)15(13)16(21)22/h2-8,19H,9H2,1H3,(H,21,22). The molecule has 0 atom stereocenters. The number of hydrogen-bond donors (Lipinski definition) is 2. The van der Waals surface area contributed by atoms with Gasteiger partial charge >= 0.3 is 5.97 Å². The van der Waals surface area contributed by atoms with E-state index in [2.05, 4.69) is 10.3 Å². The number of pyridine rings is 1. The maximum atomic E-state index is 11.6. The lowest BCUT2D eigenvalue weighted by Gasteiger charge is -2.13. The van der Waals surface area contributed by atoms with Gasteiger partial charge in [0.05, 0.1) is 5.69 Å². The summed E-state index contributed by atoms with van der Waals surface area (Å²) in [5, 5.41) is 13.3. The van der Waals surface area contributed by atoms with Crippen LogP contribution >= 0.6 is 11.6 Å². The van der Waals surface area contributed by atoms with Crippen molar-refractivity contribution in [2.75, 3.05) is 5.32 Å². The van der Waals surface area contributed by atoms with Gasteiger partial charge in [-0.15, -0.1) is 0 Å².